The molecule has 1 atom stereocenters. The van der Waals surface area contributed by atoms with E-state index in [-0.39, 0.29) is 12.1 Å². The summed E-state index contributed by atoms with van der Waals surface area (Å²) >= 11 is 4.33. The minimum Gasteiger partial charge on any atom is -0.461 e. The van der Waals surface area contributed by atoms with Crippen molar-refractivity contribution in [1.82, 2.24) is 0 Å². The van der Waals surface area contributed by atoms with Gasteiger partial charge in [-0.15, -0.1) is 0 Å². The van der Waals surface area contributed by atoms with Gasteiger partial charge in [0, 0.05) is 12.8 Å². The average molecular weight is 266 g/mol. The van der Waals surface area contributed by atoms with Crippen molar-refractivity contribution in [1.29, 1.82) is 0 Å². The summed E-state index contributed by atoms with van der Waals surface area (Å²) in [4.78, 5) is 11.9. The quantitative estimate of drug-likeness (QED) is 0.670. The van der Waals surface area contributed by atoms with Crippen molar-refractivity contribution in [3.8, 4) is 0 Å². The maximum atomic E-state index is 11.9. The zero-order valence-electron chi connectivity index (χ0n) is 10.2. The monoisotopic (exact) mass is 266 g/mol. The number of carbonyl (C=O) groups is 1. The number of rotatable bonds is 4. The normalized spacial score (nSPS) is 18.3. The molecule has 1 heterocycles. The second-order valence-corrected chi connectivity index (χ2v) is 5.08. The van der Waals surface area contributed by atoms with Gasteiger partial charge in [-0.1, -0.05) is 30.3 Å². The third-order valence-electron chi connectivity index (χ3n) is 3.00. The lowest BCUT2D eigenvalue weighted by Crippen LogP contribution is -2.30. The van der Waals surface area contributed by atoms with Crippen LogP contribution in [0.5, 0.6) is 0 Å². The molecule has 0 bridgehead atoms. The van der Waals surface area contributed by atoms with E-state index in [1.807, 2.05) is 30.3 Å². The summed E-state index contributed by atoms with van der Waals surface area (Å²) in [5.74, 6) is -0.228. The minimum absolute atomic E-state index is 0.00308. The van der Waals surface area contributed by atoms with Gasteiger partial charge in [0.25, 0.3) is 0 Å². The fraction of sp³-hybridized carbons (Fsp3) is 0.500. The Morgan fingerprint density at radius 1 is 1.33 bits per heavy atom. The predicted octanol–water partition coefficient (Wildman–Crippen LogP) is 2.25. The molecule has 1 aromatic rings. The molecular formula is C14H18O3S. The van der Waals surface area contributed by atoms with E-state index in [4.69, 9.17) is 9.47 Å². The van der Waals surface area contributed by atoms with Gasteiger partial charge in [-0.05, 0) is 12.0 Å². The number of carbonyl (C=O) groups excluding carboxylic acids is 1. The second-order valence-electron chi connectivity index (χ2n) is 4.45. The van der Waals surface area contributed by atoms with Gasteiger partial charge < -0.3 is 9.47 Å². The molecule has 0 amide bonds. The van der Waals surface area contributed by atoms with Gasteiger partial charge in [0.15, 0.2) is 0 Å². The first-order chi connectivity index (χ1) is 8.75. The van der Waals surface area contributed by atoms with Crippen LogP contribution in [0.3, 0.4) is 0 Å². The van der Waals surface area contributed by atoms with Gasteiger partial charge in [-0.3, -0.25) is 4.79 Å². The van der Waals surface area contributed by atoms with Crippen molar-refractivity contribution in [2.24, 2.45) is 0 Å². The molecule has 98 valence electrons. The first kappa shape index (κ1) is 13.4. The van der Waals surface area contributed by atoms with Crippen LogP contribution in [0.1, 0.15) is 18.4 Å². The molecule has 1 fully saturated rings. The highest BCUT2D eigenvalue weighted by atomic mass is 32.1. The first-order valence-corrected chi connectivity index (χ1v) is 6.77. The molecule has 1 aliphatic heterocycles. The molecule has 0 spiro atoms. The molecule has 1 aliphatic rings. The van der Waals surface area contributed by atoms with Gasteiger partial charge >= 0.3 is 5.97 Å². The topological polar surface area (TPSA) is 35.5 Å². The lowest BCUT2D eigenvalue weighted by molar-refractivity contribution is -0.152. The van der Waals surface area contributed by atoms with E-state index in [9.17, 15) is 4.79 Å². The fourth-order valence-corrected chi connectivity index (χ4v) is 2.23. The van der Waals surface area contributed by atoms with E-state index in [1.165, 1.54) is 0 Å². The van der Waals surface area contributed by atoms with Crippen LogP contribution in [0.4, 0.5) is 0 Å². The second kappa shape index (κ2) is 6.81. The molecule has 0 saturated carbocycles. The molecule has 1 unspecified atom stereocenters. The molecule has 0 radical (unpaired) electrons. The zero-order valence-corrected chi connectivity index (χ0v) is 11.1. The Morgan fingerprint density at radius 2 is 2.00 bits per heavy atom. The zero-order chi connectivity index (χ0) is 12.8. The van der Waals surface area contributed by atoms with E-state index >= 15 is 0 Å². The van der Waals surface area contributed by atoms with Crippen molar-refractivity contribution in [2.45, 2.75) is 30.6 Å². The molecule has 2 rings (SSSR count). The number of benzene rings is 1. The Morgan fingerprint density at radius 3 is 2.67 bits per heavy atom. The highest BCUT2D eigenvalue weighted by Crippen LogP contribution is 2.15. The summed E-state index contributed by atoms with van der Waals surface area (Å²) < 4.78 is 10.7. The summed E-state index contributed by atoms with van der Waals surface area (Å²) in [5.41, 5.74) is 1.10. The predicted molar refractivity (Wildman–Crippen MR) is 72.9 cm³/mol. The summed E-state index contributed by atoms with van der Waals surface area (Å²) in [6, 6.07) is 9.85. The molecule has 0 aliphatic carbocycles. The Hall–Kier alpha value is -1.00. The third kappa shape index (κ3) is 4.03. The average Bonchev–Trinajstić information content (AvgIpc) is 2.41. The maximum Gasteiger partial charge on any atom is 0.319 e. The van der Waals surface area contributed by atoms with Crippen LogP contribution in [0.15, 0.2) is 30.3 Å². The smallest absolute Gasteiger partial charge is 0.319 e. The van der Waals surface area contributed by atoms with Crippen LogP contribution in [-0.2, 0) is 20.7 Å². The maximum absolute atomic E-state index is 11.9. The van der Waals surface area contributed by atoms with E-state index in [1.54, 1.807) is 0 Å². The van der Waals surface area contributed by atoms with E-state index in [0.29, 0.717) is 19.6 Å². The molecule has 4 heteroatoms. The van der Waals surface area contributed by atoms with Crippen LogP contribution in [0.25, 0.3) is 0 Å². The lowest BCUT2D eigenvalue weighted by Gasteiger charge is -2.23. The lowest BCUT2D eigenvalue weighted by atomic mass is 10.1. The van der Waals surface area contributed by atoms with Crippen LogP contribution in [-0.4, -0.2) is 30.5 Å². The number of hydrogen-bond acceptors (Lipinski definition) is 4. The van der Waals surface area contributed by atoms with Crippen LogP contribution in [0.2, 0.25) is 0 Å². The van der Waals surface area contributed by atoms with Gasteiger partial charge in [-0.2, -0.15) is 12.6 Å². The van der Waals surface area contributed by atoms with Gasteiger partial charge in [0.05, 0.1) is 13.2 Å². The van der Waals surface area contributed by atoms with Crippen molar-refractivity contribution in [3.63, 3.8) is 0 Å². The minimum atomic E-state index is -0.393. The molecule has 0 aromatic heterocycles. The molecule has 18 heavy (non-hydrogen) atoms. The number of ether oxygens (including phenoxy) is 2. The number of thiol groups is 1. The summed E-state index contributed by atoms with van der Waals surface area (Å²) in [7, 11) is 0. The van der Waals surface area contributed by atoms with Crippen molar-refractivity contribution in [2.75, 3.05) is 13.2 Å². The Balaban J connectivity index is 1.81. The largest absolute Gasteiger partial charge is 0.461 e. The standard InChI is InChI=1S/C14H18O3S/c15-14(17-12-6-8-16-9-7-12)13(18)10-11-4-2-1-3-5-11/h1-5,12-13,18H,6-10H2. The third-order valence-corrected chi connectivity index (χ3v) is 3.39. The highest BCUT2D eigenvalue weighted by molar-refractivity contribution is 7.81. The number of esters is 1. The number of hydrogen-bond donors (Lipinski definition) is 1. The molecule has 1 saturated heterocycles. The summed E-state index contributed by atoms with van der Waals surface area (Å²) in [5, 5.41) is -0.393. The summed E-state index contributed by atoms with van der Waals surface area (Å²) in [6.07, 6.45) is 2.18. The van der Waals surface area contributed by atoms with E-state index in [0.717, 1.165) is 18.4 Å². The SMILES string of the molecule is O=C(OC1CCOCC1)C(S)Cc1ccccc1. The van der Waals surface area contributed by atoms with Crippen LogP contribution < -0.4 is 0 Å². The van der Waals surface area contributed by atoms with E-state index in [2.05, 4.69) is 12.6 Å². The summed E-state index contributed by atoms with van der Waals surface area (Å²) in [6.45, 7) is 1.35. The fourth-order valence-electron chi connectivity index (χ4n) is 1.96. The first-order valence-electron chi connectivity index (χ1n) is 6.26. The van der Waals surface area contributed by atoms with Gasteiger partial charge in [0.1, 0.15) is 11.4 Å². The Bertz CT molecular complexity index is 374. The molecular weight excluding hydrogens is 248 g/mol. The van der Waals surface area contributed by atoms with E-state index < -0.39 is 5.25 Å². The Labute approximate surface area is 113 Å². The molecule has 0 N–H and O–H groups in total. The van der Waals surface area contributed by atoms with Crippen molar-refractivity contribution in [3.05, 3.63) is 35.9 Å². The van der Waals surface area contributed by atoms with Gasteiger partial charge in [-0.25, -0.2) is 0 Å². The Kier molecular flexibility index (Phi) is 5.08. The van der Waals surface area contributed by atoms with Crippen molar-refractivity contribution < 1.29 is 14.3 Å². The molecule has 3 nitrogen and oxygen atoms in total. The molecule has 1 aromatic carbocycles. The van der Waals surface area contributed by atoms with Crippen LogP contribution >= 0.6 is 12.6 Å². The highest BCUT2D eigenvalue weighted by Gasteiger charge is 2.22. The van der Waals surface area contributed by atoms with Gasteiger partial charge in [0.2, 0.25) is 0 Å². The van der Waals surface area contributed by atoms with Crippen LogP contribution in [0, 0.1) is 0 Å². The van der Waals surface area contributed by atoms with Crippen molar-refractivity contribution >= 4 is 18.6 Å².